The van der Waals surface area contributed by atoms with Crippen LogP contribution in [0.15, 0.2) is 23.8 Å². The summed E-state index contributed by atoms with van der Waals surface area (Å²) >= 11 is 0. The molecule has 1 atom stereocenters. The molecule has 1 N–H and O–H groups in total. The van der Waals surface area contributed by atoms with Crippen LogP contribution < -0.4 is 0 Å². The van der Waals surface area contributed by atoms with Crippen LogP contribution in [0.2, 0.25) is 0 Å². The average Bonchev–Trinajstić information content (AvgIpc) is 3.28. The Morgan fingerprint density at radius 1 is 1.30 bits per heavy atom. The standard InChI is InChI=1S/C15H20FNO3/c1-10(7-13(8-16)15(19)20)12-3-2-6-17(9-12)14(18)11-4-5-11/h7,11-12H,1-6,8-9H2,(H,19,20)/b13-7+. The molecule has 0 spiro atoms. The summed E-state index contributed by atoms with van der Waals surface area (Å²) in [6.45, 7) is 4.19. The van der Waals surface area contributed by atoms with Gasteiger partial charge in [0.15, 0.2) is 0 Å². The maximum atomic E-state index is 12.6. The number of halogens is 1. The molecular formula is C15H20FNO3. The molecule has 1 saturated heterocycles. The fraction of sp³-hybridized carbons (Fsp3) is 0.600. The van der Waals surface area contributed by atoms with Crippen molar-refractivity contribution in [2.24, 2.45) is 11.8 Å². The second-order valence-corrected chi connectivity index (χ2v) is 5.58. The summed E-state index contributed by atoms with van der Waals surface area (Å²) in [6, 6.07) is 0. The third-order valence-electron chi connectivity index (χ3n) is 3.96. The molecule has 4 nitrogen and oxygen atoms in total. The summed E-state index contributed by atoms with van der Waals surface area (Å²) in [5.74, 6) is -0.823. The monoisotopic (exact) mass is 281 g/mol. The Morgan fingerprint density at radius 3 is 2.55 bits per heavy atom. The van der Waals surface area contributed by atoms with Gasteiger partial charge in [-0.3, -0.25) is 4.79 Å². The Labute approximate surface area is 118 Å². The zero-order chi connectivity index (χ0) is 14.7. The lowest BCUT2D eigenvalue weighted by molar-refractivity contribution is -0.134. The van der Waals surface area contributed by atoms with E-state index in [0.29, 0.717) is 12.1 Å². The van der Waals surface area contributed by atoms with E-state index in [0.717, 1.165) is 32.2 Å². The fourth-order valence-corrected chi connectivity index (χ4v) is 2.57. The van der Waals surface area contributed by atoms with E-state index < -0.39 is 12.6 Å². The number of alkyl halides is 1. The zero-order valence-corrected chi connectivity index (χ0v) is 11.5. The first-order chi connectivity index (χ1) is 9.52. The lowest BCUT2D eigenvalue weighted by atomic mass is 9.90. The number of carboxylic acid groups (broad SMARTS) is 1. The number of hydrogen-bond acceptors (Lipinski definition) is 2. The van der Waals surface area contributed by atoms with E-state index in [1.165, 1.54) is 6.08 Å². The molecular weight excluding hydrogens is 261 g/mol. The Morgan fingerprint density at radius 2 is 2.00 bits per heavy atom. The van der Waals surface area contributed by atoms with Crippen LogP contribution in [-0.4, -0.2) is 41.6 Å². The lowest BCUT2D eigenvalue weighted by Crippen LogP contribution is -2.41. The van der Waals surface area contributed by atoms with Crippen molar-refractivity contribution in [1.29, 1.82) is 0 Å². The molecule has 5 heteroatoms. The van der Waals surface area contributed by atoms with Gasteiger partial charge in [0.25, 0.3) is 0 Å². The lowest BCUT2D eigenvalue weighted by Gasteiger charge is -2.33. The number of allylic oxidation sites excluding steroid dienone is 1. The van der Waals surface area contributed by atoms with Gasteiger partial charge in [-0.05, 0) is 37.3 Å². The highest BCUT2D eigenvalue weighted by Gasteiger charge is 2.35. The van der Waals surface area contributed by atoms with E-state index in [9.17, 15) is 14.0 Å². The largest absolute Gasteiger partial charge is 0.478 e. The predicted molar refractivity (Wildman–Crippen MR) is 72.9 cm³/mol. The highest BCUT2D eigenvalue weighted by molar-refractivity contribution is 5.87. The van der Waals surface area contributed by atoms with Crippen molar-refractivity contribution in [2.75, 3.05) is 19.8 Å². The number of carbonyl (C=O) groups is 2. The van der Waals surface area contributed by atoms with E-state index >= 15 is 0 Å². The molecule has 1 amide bonds. The molecule has 1 aliphatic heterocycles. The third kappa shape index (κ3) is 3.46. The molecule has 1 heterocycles. The zero-order valence-electron chi connectivity index (χ0n) is 11.5. The predicted octanol–water partition coefficient (Wildman–Crippen LogP) is 2.17. The minimum Gasteiger partial charge on any atom is -0.478 e. The van der Waals surface area contributed by atoms with Crippen molar-refractivity contribution in [3.05, 3.63) is 23.8 Å². The quantitative estimate of drug-likeness (QED) is 0.620. The first kappa shape index (κ1) is 14.8. The maximum Gasteiger partial charge on any atom is 0.334 e. The first-order valence-electron chi connectivity index (χ1n) is 7.00. The number of carboxylic acids is 1. The number of carbonyl (C=O) groups excluding carboxylic acids is 1. The van der Waals surface area contributed by atoms with Gasteiger partial charge >= 0.3 is 5.97 Å². The van der Waals surface area contributed by atoms with Crippen molar-refractivity contribution in [3.8, 4) is 0 Å². The minimum atomic E-state index is -1.25. The second kappa shape index (κ2) is 6.20. The summed E-state index contributed by atoms with van der Waals surface area (Å²) in [6.07, 6.45) is 5.02. The number of nitrogens with zero attached hydrogens (tertiary/aromatic N) is 1. The van der Waals surface area contributed by atoms with Crippen LogP contribution in [0.4, 0.5) is 4.39 Å². The van der Waals surface area contributed by atoms with Crippen LogP contribution in [0, 0.1) is 11.8 Å². The molecule has 1 unspecified atom stereocenters. The Balaban J connectivity index is 1.99. The molecule has 2 aliphatic rings. The van der Waals surface area contributed by atoms with Gasteiger partial charge in [0.05, 0.1) is 5.57 Å². The summed E-state index contributed by atoms with van der Waals surface area (Å²) in [4.78, 5) is 24.7. The van der Waals surface area contributed by atoms with Gasteiger partial charge in [0.2, 0.25) is 5.91 Å². The maximum absolute atomic E-state index is 12.6. The topological polar surface area (TPSA) is 57.6 Å². The smallest absolute Gasteiger partial charge is 0.334 e. The number of hydrogen-bond donors (Lipinski definition) is 1. The van der Waals surface area contributed by atoms with Crippen molar-refractivity contribution in [3.63, 3.8) is 0 Å². The summed E-state index contributed by atoms with van der Waals surface area (Å²) in [5.41, 5.74) is 0.328. The van der Waals surface area contributed by atoms with Crippen LogP contribution >= 0.6 is 0 Å². The van der Waals surface area contributed by atoms with E-state index in [-0.39, 0.29) is 23.3 Å². The number of amides is 1. The van der Waals surface area contributed by atoms with Gasteiger partial charge in [-0.2, -0.15) is 0 Å². The van der Waals surface area contributed by atoms with E-state index in [4.69, 9.17) is 5.11 Å². The highest BCUT2D eigenvalue weighted by Crippen LogP contribution is 2.33. The van der Waals surface area contributed by atoms with Crippen molar-refractivity contribution < 1.29 is 19.1 Å². The van der Waals surface area contributed by atoms with Crippen molar-refractivity contribution in [1.82, 2.24) is 4.90 Å². The highest BCUT2D eigenvalue weighted by atomic mass is 19.1. The molecule has 20 heavy (non-hydrogen) atoms. The molecule has 1 aliphatic carbocycles. The second-order valence-electron chi connectivity index (χ2n) is 5.58. The van der Waals surface area contributed by atoms with Crippen LogP contribution in [-0.2, 0) is 9.59 Å². The van der Waals surface area contributed by atoms with Gasteiger partial charge in [0.1, 0.15) is 6.67 Å². The van der Waals surface area contributed by atoms with Crippen LogP contribution in [0.3, 0.4) is 0 Å². The van der Waals surface area contributed by atoms with Gasteiger partial charge in [-0.1, -0.05) is 6.58 Å². The summed E-state index contributed by atoms with van der Waals surface area (Å²) in [5, 5.41) is 8.83. The van der Waals surface area contributed by atoms with Gasteiger partial charge in [0, 0.05) is 24.9 Å². The van der Waals surface area contributed by atoms with Crippen molar-refractivity contribution >= 4 is 11.9 Å². The SMILES string of the molecule is C=C(/C=C(\CF)C(=O)O)C1CCCN(C(=O)C2CC2)C1. The Bertz CT molecular complexity index is 454. The van der Waals surface area contributed by atoms with Crippen LogP contribution in [0.25, 0.3) is 0 Å². The van der Waals surface area contributed by atoms with Crippen LogP contribution in [0.5, 0.6) is 0 Å². The molecule has 0 aromatic carbocycles. The number of aliphatic carboxylic acids is 1. The molecule has 0 aromatic heterocycles. The van der Waals surface area contributed by atoms with E-state index in [1.54, 1.807) is 0 Å². The third-order valence-corrected chi connectivity index (χ3v) is 3.96. The van der Waals surface area contributed by atoms with Crippen molar-refractivity contribution in [2.45, 2.75) is 25.7 Å². The summed E-state index contributed by atoms with van der Waals surface area (Å²) < 4.78 is 12.6. The van der Waals surface area contributed by atoms with Gasteiger partial charge in [-0.25, -0.2) is 9.18 Å². The fourth-order valence-electron chi connectivity index (χ4n) is 2.57. The minimum absolute atomic E-state index is 0.0346. The molecule has 0 bridgehead atoms. The molecule has 2 fully saturated rings. The van der Waals surface area contributed by atoms with Gasteiger partial charge in [-0.15, -0.1) is 0 Å². The van der Waals surface area contributed by atoms with E-state index in [1.807, 2.05) is 4.90 Å². The number of piperidine rings is 1. The normalized spacial score (nSPS) is 23.6. The molecule has 0 radical (unpaired) electrons. The molecule has 1 saturated carbocycles. The number of likely N-dealkylation sites (tertiary alicyclic amines) is 1. The molecule has 110 valence electrons. The molecule has 0 aromatic rings. The molecule has 2 rings (SSSR count). The van der Waals surface area contributed by atoms with E-state index in [2.05, 4.69) is 6.58 Å². The van der Waals surface area contributed by atoms with Crippen LogP contribution in [0.1, 0.15) is 25.7 Å². The summed E-state index contributed by atoms with van der Waals surface area (Å²) in [7, 11) is 0. The Kier molecular flexibility index (Phi) is 4.57. The first-order valence-corrected chi connectivity index (χ1v) is 7.00. The number of rotatable bonds is 5. The van der Waals surface area contributed by atoms with Gasteiger partial charge < -0.3 is 10.0 Å². The average molecular weight is 281 g/mol. The Hall–Kier alpha value is -1.65.